The number of carbonyl (C=O) groups excluding carboxylic acids is 1. The Morgan fingerprint density at radius 1 is 1.22 bits per heavy atom. The topological polar surface area (TPSA) is 38.8 Å². The summed E-state index contributed by atoms with van der Waals surface area (Å²) >= 11 is 0. The molecule has 4 nitrogen and oxygen atoms in total. The molecule has 120 valence electrons. The predicted octanol–water partition coefficient (Wildman–Crippen LogP) is 3.06. The minimum Gasteiger partial charge on any atom is -0.489 e. The lowest BCUT2D eigenvalue weighted by Crippen LogP contribution is -2.50. The molecule has 0 saturated carbocycles. The molecular weight excluding hydrogens is 290 g/mol. The number of hydrogen-bond acceptors (Lipinski definition) is 3. The van der Waals surface area contributed by atoms with E-state index in [1.807, 2.05) is 61.5 Å². The van der Waals surface area contributed by atoms with Crippen molar-refractivity contribution in [1.82, 2.24) is 0 Å². The number of ether oxygens (including phenoxy) is 2. The van der Waals surface area contributed by atoms with Crippen LogP contribution in [-0.2, 0) is 16.0 Å². The second-order valence-corrected chi connectivity index (χ2v) is 5.75. The molecule has 0 fully saturated rings. The first-order chi connectivity index (χ1) is 11.2. The molecule has 2 aromatic carbocycles. The molecule has 2 aromatic rings. The van der Waals surface area contributed by atoms with E-state index in [0.29, 0.717) is 13.0 Å². The molecule has 1 aliphatic heterocycles. The van der Waals surface area contributed by atoms with Gasteiger partial charge in [-0.1, -0.05) is 42.5 Å². The van der Waals surface area contributed by atoms with Gasteiger partial charge in [-0.25, -0.2) is 0 Å². The van der Waals surface area contributed by atoms with E-state index in [-0.39, 0.29) is 11.9 Å². The van der Waals surface area contributed by atoms with Crippen molar-refractivity contribution in [3.05, 3.63) is 60.2 Å². The third kappa shape index (κ3) is 3.22. The molecule has 2 unspecified atom stereocenters. The van der Waals surface area contributed by atoms with Gasteiger partial charge in [0.1, 0.15) is 18.5 Å². The van der Waals surface area contributed by atoms with Crippen LogP contribution in [0.1, 0.15) is 12.5 Å². The molecule has 1 heterocycles. The van der Waals surface area contributed by atoms with Gasteiger partial charge in [0.2, 0.25) is 0 Å². The van der Waals surface area contributed by atoms with Crippen molar-refractivity contribution in [3.63, 3.8) is 0 Å². The average Bonchev–Trinajstić information content (AvgIpc) is 2.60. The zero-order chi connectivity index (χ0) is 16.2. The van der Waals surface area contributed by atoms with Gasteiger partial charge in [0.25, 0.3) is 5.91 Å². The van der Waals surface area contributed by atoms with Crippen molar-refractivity contribution in [2.24, 2.45) is 0 Å². The summed E-state index contributed by atoms with van der Waals surface area (Å²) in [5, 5.41) is 0. The van der Waals surface area contributed by atoms with E-state index in [1.165, 1.54) is 0 Å². The Balaban J connectivity index is 1.86. The smallest absolute Gasteiger partial charge is 0.256 e. The molecule has 23 heavy (non-hydrogen) atoms. The zero-order valence-corrected chi connectivity index (χ0v) is 13.4. The van der Waals surface area contributed by atoms with Crippen molar-refractivity contribution in [3.8, 4) is 5.75 Å². The molecule has 0 spiro atoms. The maximum Gasteiger partial charge on any atom is 0.256 e. The van der Waals surface area contributed by atoms with Gasteiger partial charge in [-0.15, -0.1) is 0 Å². The summed E-state index contributed by atoms with van der Waals surface area (Å²) in [5.74, 6) is 0.716. The largest absolute Gasteiger partial charge is 0.489 e. The van der Waals surface area contributed by atoms with Crippen LogP contribution in [-0.4, -0.2) is 31.8 Å². The van der Waals surface area contributed by atoms with E-state index in [2.05, 4.69) is 0 Å². The van der Waals surface area contributed by atoms with E-state index in [0.717, 1.165) is 17.0 Å². The Morgan fingerprint density at radius 3 is 2.65 bits per heavy atom. The number of nitrogens with zero attached hydrogens (tertiary/aromatic N) is 1. The fraction of sp³-hybridized carbons (Fsp3) is 0.316. The maximum atomic E-state index is 13.1. The summed E-state index contributed by atoms with van der Waals surface area (Å²) < 4.78 is 11.2. The molecule has 4 heteroatoms. The number of amides is 1. The number of carbonyl (C=O) groups is 1. The highest BCUT2D eigenvalue weighted by molar-refractivity contribution is 5.99. The number of rotatable bonds is 4. The molecule has 1 amide bonds. The van der Waals surface area contributed by atoms with Crippen molar-refractivity contribution in [2.45, 2.75) is 25.5 Å². The van der Waals surface area contributed by atoms with Gasteiger partial charge in [0.15, 0.2) is 0 Å². The van der Waals surface area contributed by atoms with Gasteiger partial charge in [-0.2, -0.15) is 0 Å². The van der Waals surface area contributed by atoms with Gasteiger partial charge in [0, 0.05) is 13.5 Å². The van der Waals surface area contributed by atoms with Crippen LogP contribution in [0.15, 0.2) is 54.6 Å². The monoisotopic (exact) mass is 311 g/mol. The van der Waals surface area contributed by atoms with Crippen LogP contribution in [0.5, 0.6) is 5.75 Å². The third-order valence-electron chi connectivity index (χ3n) is 4.11. The van der Waals surface area contributed by atoms with E-state index >= 15 is 0 Å². The molecule has 0 radical (unpaired) electrons. The first-order valence-corrected chi connectivity index (χ1v) is 7.82. The lowest BCUT2D eigenvalue weighted by molar-refractivity contribution is -0.129. The minimum absolute atomic E-state index is 0.0224. The Kier molecular flexibility index (Phi) is 4.63. The molecule has 2 atom stereocenters. The average molecular weight is 311 g/mol. The highest BCUT2D eigenvalue weighted by atomic mass is 16.5. The first kappa shape index (κ1) is 15.6. The minimum atomic E-state index is -0.508. The van der Waals surface area contributed by atoms with Crippen LogP contribution < -0.4 is 9.64 Å². The zero-order valence-electron chi connectivity index (χ0n) is 13.4. The number of benzene rings is 2. The quantitative estimate of drug-likeness (QED) is 0.871. The summed E-state index contributed by atoms with van der Waals surface area (Å²) in [6.45, 7) is 2.48. The number of anilines is 1. The Labute approximate surface area is 136 Å². The van der Waals surface area contributed by atoms with Crippen molar-refractivity contribution in [2.75, 3.05) is 18.6 Å². The Hall–Kier alpha value is -2.33. The number of hydrogen-bond donors (Lipinski definition) is 0. The predicted molar refractivity (Wildman–Crippen MR) is 89.8 cm³/mol. The normalized spacial score (nSPS) is 18.0. The van der Waals surface area contributed by atoms with Gasteiger partial charge >= 0.3 is 0 Å². The van der Waals surface area contributed by atoms with Crippen molar-refractivity contribution >= 4 is 11.6 Å². The molecule has 0 N–H and O–H groups in total. The van der Waals surface area contributed by atoms with Crippen LogP contribution in [0, 0.1) is 0 Å². The summed E-state index contributed by atoms with van der Waals surface area (Å²) in [6, 6.07) is 17.5. The summed E-state index contributed by atoms with van der Waals surface area (Å²) in [6.07, 6.45) is 0.0496. The third-order valence-corrected chi connectivity index (χ3v) is 4.11. The van der Waals surface area contributed by atoms with Crippen LogP contribution in [0.25, 0.3) is 0 Å². The van der Waals surface area contributed by atoms with Crippen molar-refractivity contribution < 1.29 is 14.3 Å². The lowest BCUT2D eigenvalue weighted by atomic mass is 10.0. The van der Waals surface area contributed by atoms with E-state index in [4.69, 9.17) is 9.47 Å². The highest BCUT2D eigenvalue weighted by Crippen LogP contribution is 2.34. The van der Waals surface area contributed by atoms with Gasteiger partial charge in [-0.3, -0.25) is 4.79 Å². The van der Waals surface area contributed by atoms with Gasteiger partial charge in [-0.05, 0) is 24.6 Å². The first-order valence-electron chi connectivity index (χ1n) is 7.82. The Morgan fingerprint density at radius 2 is 1.91 bits per heavy atom. The van der Waals surface area contributed by atoms with Crippen LogP contribution in [0.4, 0.5) is 5.69 Å². The van der Waals surface area contributed by atoms with Gasteiger partial charge in [0.05, 0.1) is 11.7 Å². The fourth-order valence-electron chi connectivity index (χ4n) is 2.89. The number of methoxy groups -OCH3 is 1. The van der Waals surface area contributed by atoms with Gasteiger partial charge < -0.3 is 14.4 Å². The standard InChI is InChI=1S/C19H21NO3/c1-14-13-23-17-11-7-6-10-16(17)20(14)19(21)18(22-2)12-15-8-4-3-5-9-15/h3-11,14,18H,12-13H2,1-2H3. The molecular formula is C19H21NO3. The van der Waals surface area contributed by atoms with E-state index < -0.39 is 6.10 Å². The van der Waals surface area contributed by atoms with E-state index in [9.17, 15) is 4.79 Å². The second kappa shape index (κ2) is 6.84. The maximum absolute atomic E-state index is 13.1. The lowest BCUT2D eigenvalue weighted by Gasteiger charge is -2.36. The highest BCUT2D eigenvalue weighted by Gasteiger charge is 2.33. The SMILES string of the molecule is COC(Cc1ccccc1)C(=O)N1c2ccccc2OCC1C. The fourth-order valence-corrected chi connectivity index (χ4v) is 2.89. The van der Waals surface area contributed by atoms with Crippen molar-refractivity contribution in [1.29, 1.82) is 0 Å². The molecule has 0 aliphatic carbocycles. The summed E-state index contributed by atoms with van der Waals surface area (Å²) in [5.41, 5.74) is 1.90. The van der Waals surface area contributed by atoms with E-state index in [1.54, 1.807) is 12.0 Å². The molecule has 0 saturated heterocycles. The molecule has 3 rings (SSSR count). The van der Waals surface area contributed by atoms with Crippen LogP contribution in [0.2, 0.25) is 0 Å². The second-order valence-electron chi connectivity index (χ2n) is 5.75. The molecule has 0 bridgehead atoms. The molecule has 0 aromatic heterocycles. The summed E-state index contributed by atoms with van der Waals surface area (Å²) in [7, 11) is 1.59. The number of fused-ring (bicyclic) bond motifs is 1. The number of para-hydroxylation sites is 2. The van der Waals surface area contributed by atoms with Crippen LogP contribution in [0.3, 0.4) is 0 Å². The Bertz CT molecular complexity index is 671. The summed E-state index contributed by atoms with van der Waals surface area (Å²) in [4.78, 5) is 14.9. The molecule has 1 aliphatic rings. The van der Waals surface area contributed by atoms with Crippen LogP contribution >= 0.6 is 0 Å².